The average Bonchev–Trinajstić information content (AvgIpc) is 2.82. The average molecular weight is 282 g/mol. The number of alkyl halides is 2. The fourth-order valence-corrected chi connectivity index (χ4v) is 1.84. The molecule has 1 heterocycles. The highest BCUT2D eigenvalue weighted by Gasteiger charge is 2.12. The zero-order valence-electron chi connectivity index (χ0n) is 11.3. The molecule has 0 N–H and O–H groups in total. The molecule has 2 aromatic rings. The van der Waals surface area contributed by atoms with Gasteiger partial charge in [0.15, 0.2) is 0 Å². The first-order valence-corrected chi connectivity index (χ1v) is 6.18. The van der Waals surface area contributed by atoms with Gasteiger partial charge in [0.05, 0.1) is 12.3 Å². The highest BCUT2D eigenvalue weighted by molar-refractivity contribution is 5.65. The molecule has 0 atom stereocenters. The number of ether oxygens (including phenoxy) is 2. The maximum absolute atomic E-state index is 12.6. The van der Waals surface area contributed by atoms with Crippen LogP contribution in [0.3, 0.4) is 0 Å². The van der Waals surface area contributed by atoms with Gasteiger partial charge in [-0.1, -0.05) is 12.1 Å². The first-order chi connectivity index (χ1) is 9.61. The summed E-state index contributed by atoms with van der Waals surface area (Å²) in [6.07, 6.45) is 1.35. The van der Waals surface area contributed by atoms with Crippen LogP contribution in [0, 0.1) is 6.92 Å². The maximum atomic E-state index is 12.6. The van der Waals surface area contributed by atoms with Crippen LogP contribution in [0.4, 0.5) is 8.78 Å². The van der Waals surface area contributed by atoms with E-state index in [1.165, 1.54) is 6.20 Å². The van der Waals surface area contributed by atoms with E-state index in [0.717, 1.165) is 5.56 Å². The Morgan fingerprint density at radius 2 is 1.90 bits per heavy atom. The molecule has 0 bridgehead atoms. The fraction of sp³-hybridized carbons (Fsp3) is 0.357. The van der Waals surface area contributed by atoms with Crippen molar-refractivity contribution >= 4 is 0 Å². The van der Waals surface area contributed by atoms with Gasteiger partial charge in [0.25, 0.3) is 0 Å². The van der Waals surface area contributed by atoms with Gasteiger partial charge < -0.3 is 9.47 Å². The van der Waals surface area contributed by atoms with Crippen molar-refractivity contribution in [2.24, 2.45) is 0 Å². The van der Waals surface area contributed by atoms with Gasteiger partial charge >= 0.3 is 6.55 Å². The number of aryl methyl sites for hydroxylation is 1. The van der Waals surface area contributed by atoms with Crippen LogP contribution in [0.1, 0.15) is 12.2 Å². The second kappa shape index (κ2) is 6.47. The fourth-order valence-electron chi connectivity index (χ4n) is 1.84. The topological polar surface area (TPSA) is 36.3 Å². The highest BCUT2D eigenvalue weighted by atomic mass is 19.3. The standard InChI is InChI=1S/C14H16F2N2O2/c1-10-13(9-18(17-10)14(15)16)11-3-5-12(6-4-11)20-8-7-19-2/h3-6,9,14H,7-8H2,1-2H3. The van der Waals surface area contributed by atoms with E-state index in [1.807, 2.05) is 12.1 Å². The van der Waals surface area contributed by atoms with Gasteiger partial charge in [-0.15, -0.1) is 0 Å². The molecule has 108 valence electrons. The first kappa shape index (κ1) is 14.5. The molecule has 0 aliphatic heterocycles. The third-order valence-electron chi connectivity index (χ3n) is 2.84. The molecule has 1 aromatic heterocycles. The lowest BCUT2D eigenvalue weighted by Gasteiger charge is -2.06. The van der Waals surface area contributed by atoms with Crippen molar-refractivity contribution in [3.63, 3.8) is 0 Å². The van der Waals surface area contributed by atoms with Gasteiger partial charge in [0.2, 0.25) is 0 Å². The molecule has 1 aromatic carbocycles. The summed E-state index contributed by atoms with van der Waals surface area (Å²) < 4.78 is 36.2. The Morgan fingerprint density at radius 1 is 1.20 bits per heavy atom. The number of rotatable bonds is 6. The van der Waals surface area contributed by atoms with Crippen LogP contribution < -0.4 is 4.74 Å². The minimum Gasteiger partial charge on any atom is -0.491 e. The summed E-state index contributed by atoms with van der Waals surface area (Å²) in [5, 5.41) is 3.79. The SMILES string of the molecule is COCCOc1ccc(-c2cn(C(F)F)nc2C)cc1. The van der Waals surface area contributed by atoms with Crippen LogP contribution in [-0.4, -0.2) is 30.1 Å². The lowest BCUT2D eigenvalue weighted by atomic mass is 10.1. The van der Waals surface area contributed by atoms with E-state index in [9.17, 15) is 8.78 Å². The molecule has 0 saturated heterocycles. The van der Waals surface area contributed by atoms with E-state index in [4.69, 9.17) is 9.47 Å². The van der Waals surface area contributed by atoms with Gasteiger partial charge in [-0.2, -0.15) is 13.9 Å². The Kier molecular flexibility index (Phi) is 4.68. The van der Waals surface area contributed by atoms with Gasteiger partial charge in [0, 0.05) is 18.9 Å². The molecular weight excluding hydrogens is 266 g/mol. The van der Waals surface area contributed by atoms with Crippen molar-refractivity contribution in [3.8, 4) is 16.9 Å². The number of hydrogen-bond donors (Lipinski definition) is 0. The van der Waals surface area contributed by atoms with Crippen LogP contribution in [0.2, 0.25) is 0 Å². The van der Waals surface area contributed by atoms with Gasteiger partial charge in [-0.05, 0) is 24.6 Å². The molecule has 20 heavy (non-hydrogen) atoms. The normalized spacial score (nSPS) is 11.1. The quantitative estimate of drug-likeness (QED) is 0.763. The van der Waals surface area contributed by atoms with Gasteiger partial charge in [-0.3, -0.25) is 0 Å². The number of methoxy groups -OCH3 is 1. The summed E-state index contributed by atoms with van der Waals surface area (Å²) in [6.45, 7) is 0.0661. The number of hydrogen-bond acceptors (Lipinski definition) is 3. The smallest absolute Gasteiger partial charge is 0.333 e. The van der Waals surface area contributed by atoms with Crippen LogP contribution in [0.15, 0.2) is 30.5 Å². The lowest BCUT2D eigenvalue weighted by molar-refractivity contribution is 0.0563. The van der Waals surface area contributed by atoms with Crippen LogP contribution in [-0.2, 0) is 4.74 Å². The molecule has 0 amide bonds. The predicted octanol–water partition coefficient (Wildman–Crippen LogP) is 3.28. The van der Waals surface area contributed by atoms with Gasteiger partial charge in [0.1, 0.15) is 12.4 Å². The molecule has 4 nitrogen and oxygen atoms in total. The largest absolute Gasteiger partial charge is 0.491 e. The van der Waals surface area contributed by atoms with E-state index >= 15 is 0 Å². The highest BCUT2D eigenvalue weighted by Crippen LogP contribution is 2.26. The predicted molar refractivity (Wildman–Crippen MR) is 71.0 cm³/mol. The molecule has 0 aliphatic carbocycles. The van der Waals surface area contributed by atoms with E-state index < -0.39 is 6.55 Å². The van der Waals surface area contributed by atoms with E-state index in [1.54, 1.807) is 26.2 Å². The number of nitrogens with zero attached hydrogens (tertiary/aromatic N) is 2. The van der Waals surface area contributed by atoms with Crippen molar-refractivity contribution in [1.82, 2.24) is 9.78 Å². The maximum Gasteiger partial charge on any atom is 0.333 e. The summed E-state index contributed by atoms with van der Waals surface area (Å²) in [6, 6.07) is 7.23. The van der Waals surface area contributed by atoms with Crippen molar-refractivity contribution < 1.29 is 18.3 Å². The number of halogens is 2. The molecule has 0 saturated carbocycles. The van der Waals surface area contributed by atoms with Crippen LogP contribution in [0.25, 0.3) is 11.1 Å². The zero-order valence-corrected chi connectivity index (χ0v) is 11.3. The van der Waals surface area contributed by atoms with E-state index in [0.29, 0.717) is 34.9 Å². The van der Waals surface area contributed by atoms with Crippen LogP contribution in [0.5, 0.6) is 5.75 Å². The zero-order chi connectivity index (χ0) is 14.5. The van der Waals surface area contributed by atoms with Crippen molar-refractivity contribution in [1.29, 1.82) is 0 Å². The molecule has 0 spiro atoms. The number of aromatic nitrogens is 2. The lowest BCUT2D eigenvalue weighted by Crippen LogP contribution is -2.03. The number of benzene rings is 1. The van der Waals surface area contributed by atoms with Crippen LogP contribution >= 0.6 is 0 Å². The van der Waals surface area contributed by atoms with Crippen molar-refractivity contribution in [2.45, 2.75) is 13.5 Å². The first-order valence-electron chi connectivity index (χ1n) is 6.18. The summed E-state index contributed by atoms with van der Waals surface area (Å²) >= 11 is 0. The summed E-state index contributed by atoms with van der Waals surface area (Å²) in [5.41, 5.74) is 2.08. The molecule has 0 unspecified atom stereocenters. The minimum atomic E-state index is -2.63. The molecule has 0 radical (unpaired) electrons. The minimum absolute atomic E-state index is 0.470. The van der Waals surface area contributed by atoms with Crippen molar-refractivity contribution in [2.75, 3.05) is 20.3 Å². The Balaban J connectivity index is 2.13. The third kappa shape index (κ3) is 3.33. The molecular formula is C14H16F2N2O2. The van der Waals surface area contributed by atoms with Gasteiger partial charge in [-0.25, -0.2) is 4.68 Å². The van der Waals surface area contributed by atoms with E-state index in [2.05, 4.69) is 5.10 Å². The summed E-state index contributed by atoms with van der Waals surface area (Å²) in [5.74, 6) is 0.713. The molecule has 2 rings (SSSR count). The molecule has 0 fully saturated rings. The third-order valence-corrected chi connectivity index (χ3v) is 2.84. The Hall–Kier alpha value is -1.95. The monoisotopic (exact) mass is 282 g/mol. The summed E-state index contributed by atoms with van der Waals surface area (Å²) in [7, 11) is 1.61. The summed E-state index contributed by atoms with van der Waals surface area (Å²) in [4.78, 5) is 0. The second-order valence-electron chi connectivity index (χ2n) is 4.25. The Labute approximate surface area is 115 Å². The Bertz CT molecular complexity index is 553. The molecule has 0 aliphatic rings. The Morgan fingerprint density at radius 3 is 2.45 bits per heavy atom. The van der Waals surface area contributed by atoms with E-state index in [-0.39, 0.29) is 0 Å². The van der Waals surface area contributed by atoms with Crippen molar-refractivity contribution in [3.05, 3.63) is 36.2 Å². The second-order valence-corrected chi connectivity index (χ2v) is 4.25. The molecule has 6 heteroatoms.